The summed E-state index contributed by atoms with van der Waals surface area (Å²) in [6.45, 7) is 3.85. The van der Waals surface area contributed by atoms with Gasteiger partial charge in [0.2, 0.25) is 0 Å². The number of hydrogen-bond donors (Lipinski definition) is 1. The SMILES string of the molecule is OCC1CCN(CCOc2ccccc2Cl)C1. The minimum Gasteiger partial charge on any atom is -0.491 e. The zero-order valence-corrected chi connectivity index (χ0v) is 10.6. The van der Waals surface area contributed by atoms with E-state index in [1.165, 1.54) is 0 Å². The van der Waals surface area contributed by atoms with Crippen molar-refractivity contribution >= 4 is 11.6 Å². The third-order valence-corrected chi connectivity index (χ3v) is 3.44. The molecule has 0 radical (unpaired) electrons. The van der Waals surface area contributed by atoms with Crippen LogP contribution in [0, 0.1) is 5.92 Å². The van der Waals surface area contributed by atoms with E-state index in [0.717, 1.165) is 31.8 Å². The summed E-state index contributed by atoms with van der Waals surface area (Å²) >= 11 is 5.99. The lowest BCUT2D eigenvalue weighted by molar-refractivity contribution is 0.204. The van der Waals surface area contributed by atoms with Gasteiger partial charge in [-0.05, 0) is 31.0 Å². The number of ether oxygens (including phenoxy) is 1. The minimum absolute atomic E-state index is 0.294. The van der Waals surface area contributed by atoms with Crippen molar-refractivity contribution < 1.29 is 9.84 Å². The Bertz CT molecular complexity index is 359. The van der Waals surface area contributed by atoms with E-state index in [1.807, 2.05) is 24.3 Å². The maximum absolute atomic E-state index is 9.05. The Morgan fingerprint density at radius 1 is 1.41 bits per heavy atom. The Kier molecular flexibility index (Phi) is 4.66. The van der Waals surface area contributed by atoms with Crippen LogP contribution in [0.1, 0.15) is 6.42 Å². The summed E-state index contributed by atoms with van der Waals surface area (Å²) in [4.78, 5) is 2.32. The van der Waals surface area contributed by atoms with Gasteiger partial charge in [-0.25, -0.2) is 0 Å². The number of aliphatic hydroxyl groups is 1. The lowest BCUT2D eigenvalue weighted by atomic mass is 10.1. The van der Waals surface area contributed by atoms with Crippen LogP contribution in [0.25, 0.3) is 0 Å². The van der Waals surface area contributed by atoms with Crippen molar-refractivity contribution in [2.45, 2.75) is 6.42 Å². The molecule has 0 spiro atoms. The van der Waals surface area contributed by atoms with Crippen LogP contribution in [0.3, 0.4) is 0 Å². The zero-order chi connectivity index (χ0) is 12.1. The molecule has 1 fully saturated rings. The van der Waals surface area contributed by atoms with E-state index in [9.17, 15) is 0 Å². The summed E-state index contributed by atoms with van der Waals surface area (Å²) in [7, 11) is 0. The molecule has 1 atom stereocenters. The topological polar surface area (TPSA) is 32.7 Å². The third-order valence-electron chi connectivity index (χ3n) is 3.13. The molecule has 2 rings (SSSR count). The summed E-state index contributed by atoms with van der Waals surface area (Å²) in [5.41, 5.74) is 0. The van der Waals surface area contributed by atoms with Crippen LogP contribution in [-0.4, -0.2) is 42.9 Å². The first kappa shape index (κ1) is 12.7. The van der Waals surface area contributed by atoms with Crippen LogP contribution >= 0.6 is 11.6 Å². The molecular weight excluding hydrogens is 238 g/mol. The molecule has 0 aliphatic carbocycles. The number of likely N-dealkylation sites (tertiary alicyclic amines) is 1. The first-order chi connectivity index (χ1) is 8.29. The Labute approximate surface area is 107 Å². The molecule has 1 saturated heterocycles. The van der Waals surface area contributed by atoms with Gasteiger partial charge in [0.1, 0.15) is 12.4 Å². The number of nitrogens with zero attached hydrogens (tertiary/aromatic N) is 1. The van der Waals surface area contributed by atoms with Gasteiger partial charge in [0.25, 0.3) is 0 Å². The van der Waals surface area contributed by atoms with E-state index >= 15 is 0 Å². The summed E-state index contributed by atoms with van der Waals surface area (Å²) in [5.74, 6) is 1.18. The second-order valence-electron chi connectivity index (χ2n) is 4.42. The normalized spacial score (nSPS) is 20.7. The molecule has 0 amide bonds. The van der Waals surface area contributed by atoms with Gasteiger partial charge in [-0.3, -0.25) is 4.90 Å². The number of hydrogen-bond acceptors (Lipinski definition) is 3. The van der Waals surface area contributed by atoms with Gasteiger partial charge in [-0.15, -0.1) is 0 Å². The van der Waals surface area contributed by atoms with Crippen LogP contribution in [0.5, 0.6) is 5.75 Å². The van der Waals surface area contributed by atoms with Crippen molar-refractivity contribution in [3.05, 3.63) is 29.3 Å². The van der Waals surface area contributed by atoms with Crippen molar-refractivity contribution in [3.63, 3.8) is 0 Å². The molecular formula is C13H18ClNO2. The van der Waals surface area contributed by atoms with Crippen molar-refractivity contribution in [2.75, 3.05) is 32.8 Å². The molecule has 1 aliphatic rings. The van der Waals surface area contributed by atoms with Crippen LogP contribution in [0.4, 0.5) is 0 Å². The van der Waals surface area contributed by atoms with E-state index in [2.05, 4.69) is 4.90 Å². The number of halogens is 1. The van der Waals surface area contributed by atoms with Crippen molar-refractivity contribution in [2.24, 2.45) is 5.92 Å². The number of rotatable bonds is 5. The first-order valence-corrected chi connectivity index (χ1v) is 6.38. The highest BCUT2D eigenvalue weighted by atomic mass is 35.5. The fourth-order valence-electron chi connectivity index (χ4n) is 2.11. The quantitative estimate of drug-likeness (QED) is 0.874. The first-order valence-electron chi connectivity index (χ1n) is 6.00. The highest BCUT2D eigenvalue weighted by Crippen LogP contribution is 2.23. The molecule has 17 heavy (non-hydrogen) atoms. The maximum Gasteiger partial charge on any atom is 0.137 e. The fourth-order valence-corrected chi connectivity index (χ4v) is 2.30. The predicted octanol–water partition coefficient (Wildman–Crippen LogP) is 2.03. The lowest BCUT2D eigenvalue weighted by Gasteiger charge is -2.16. The summed E-state index contributed by atoms with van der Waals surface area (Å²) in [5, 5.41) is 9.70. The van der Waals surface area contributed by atoms with Crippen molar-refractivity contribution in [3.8, 4) is 5.75 Å². The zero-order valence-electron chi connectivity index (χ0n) is 9.81. The van der Waals surface area contributed by atoms with E-state index in [4.69, 9.17) is 21.4 Å². The molecule has 3 nitrogen and oxygen atoms in total. The molecule has 1 aromatic carbocycles. The maximum atomic E-state index is 9.05. The minimum atomic E-state index is 0.294. The molecule has 1 aromatic rings. The van der Waals surface area contributed by atoms with Gasteiger partial charge >= 0.3 is 0 Å². The lowest BCUT2D eigenvalue weighted by Crippen LogP contribution is -2.26. The van der Waals surface area contributed by atoms with Gasteiger partial charge in [-0.2, -0.15) is 0 Å². The Balaban J connectivity index is 1.72. The monoisotopic (exact) mass is 255 g/mol. The van der Waals surface area contributed by atoms with Gasteiger partial charge in [0.05, 0.1) is 5.02 Å². The molecule has 1 aliphatic heterocycles. The van der Waals surface area contributed by atoms with Crippen molar-refractivity contribution in [1.82, 2.24) is 4.90 Å². The average molecular weight is 256 g/mol. The molecule has 1 heterocycles. The Hall–Kier alpha value is -0.770. The molecule has 1 N–H and O–H groups in total. The number of para-hydroxylation sites is 1. The highest BCUT2D eigenvalue weighted by Gasteiger charge is 2.21. The molecule has 94 valence electrons. The van der Waals surface area contributed by atoms with Gasteiger partial charge < -0.3 is 9.84 Å². The number of aliphatic hydroxyl groups excluding tert-OH is 1. The summed E-state index contributed by atoms with van der Waals surface area (Å²) < 4.78 is 5.63. The largest absolute Gasteiger partial charge is 0.491 e. The summed E-state index contributed by atoms with van der Waals surface area (Å²) in [6, 6.07) is 7.51. The van der Waals surface area contributed by atoms with Crippen LogP contribution in [0.15, 0.2) is 24.3 Å². The standard InChI is InChI=1S/C13H18ClNO2/c14-12-3-1-2-4-13(12)17-8-7-15-6-5-11(9-15)10-16/h1-4,11,16H,5-10H2. The molecule has 1 unspecified atom stereocenters. The molecule has 0 aromatic heterocycles. The van der Waals surface area contributed by atoms with E-state index in [-0.39, 0.29) is 0 Å². The molecule has 0 bridgehead atoms. The Morgan fingerprint density at radius 3 is 2.94 bits per heavy atom. The van der Waals surface area contributed by atoms with E-state index in [1.54, 1.807) is 0 Å². The van der Waals surface area contributed by atoms with Crippen LogP contribution in [0.2, 0.25) is 5.02 Å². The Morgan fingerprint density at radius 2 is 2.24 bits per heavy atom. The molecule has 4 heteroatoms. The van der Waals surface area contributed by atoms with Crippen LogP contribution in [-0.2, 0) is 0 Å². The highest BCUT2D eigenvalue weighted by molar-refractivity contribution is 6.32. The second-order valence-corrected chi connectivity index (χ2v) is 4.82. The van der Waals surface area contributed by atoms with Crippen molar-refractivity contribution in [1.29, 1.82) is 0 Å². The van der Waals surface area contributed by atoms with E-state index < -0.39 is 0 Å². The van der Waals surface area contributed by atoms with Gasteiger partial charge in [0, 0.05) is 19.7 Å². The second kappa shape index (κ2) is 6.24. The average Bonchev–Trinajstić information content (AvgIpc) is 2.80. The van der Waals surface area contributed by atoms with Gasteiger partial charge in [0.15, 0.2) is 0 Å². The van der Waals surface area contributed by atoms with E-state index in [0.29, 0.717) is 24.2 Å². The molecule has 0 saturated carbocycles. The smallest absolute Gasteiger partial charge is 0.137 e. The summed E-state index contributed by atoms with van der Waals surface area (Å²) in [6.07, 6.45) is 1.09. The fraction of sp³-hybridized carbons (Fsp3) is 0.538. The van der Waals surface area contributed by atoms with Crippen LogP contribution < -0.4 is 4.74 Å². The third kappa shape index (κ3) is 3.60. The number of benzene rings is 1. The predicted molar refractivity (Wildman–Crippen MR) is 68.6 cm³/mol. The van der Waals surface area contributed by atoms with Gasteiger partial charge in [-0.1, -0.05) is 23.7 Å².